The van der Waals surface area contributed by atoms with Crippen molar-refractivity contribution in [1.82, 2.24) is 4.98 Å². The number of aryl methyl sites for hydroxylation is 1. The van der Waals surface area contributed by atoms with Crippen molar-refractivity contribution in [1.29, 1.82) is 5.26 Å². The fraction of sp³-hybridized carbons (Fsp3) is 0.143. The monoisotopic (exact) mass is 302 g/mol. The molecule has 4 heteroatoms. The molecule has 2 aromatic rings. The molecule has 0 unspecified atom stereocenters. The summed E-state index contributed by atoms with van der Waals surface area (Å²) < 4.78 is 6.43. The van der Waals surface area contributed by atoms with E-state index in [1.54, 1.807) is 24.4 Å². The summed E-state index contributed by atoms with van der Waals surface area (Å²) in [7, 11) is 0. The van der Waals surface area contributed by atoms with Crippen LogP contribution in [0.4, 0.5) is 0 Å². The topological polar surface area (TPSA) is 45.9 Å². The normalized spacial score (nSPS) is 9.83. The van der Waals surface area contributed by atoms with Crippen LogP contribution in [-0.4, -0.2) is 4.98 Å². The number of rotatable bonds is 3. The molecule has 0 radical (unpaired) electrons. The zero-order chi connectivity index (χ0) is 13.0. The van der Waals surface area contributed by atoms with Crippen molar-refractivity contribution in [2.24, 2.45) is 0 Å². The lowest BCUT2D eigenvalue weighted by atomic mass is 10.2. The van der Waals surface area contributed by atoms with E-state index in [1.807, 2.05) is 19.1 Å². The quantitative estimate of drug-likeness (QED) is 0.870. The Hall–Kier alpha value is -1.86. The minimum atomic E-state index is 0.409. The molecule has 1 aromatic carbocycles. The highest BCUT2D eigenvalue weighted by Crippen LogP contribution is 2.26. The van der Waals surface area contributed by atoms with Crippen molar-refractivity contribution in [2.45, 2.75) is 13.5 Å². The fourth-order valence-corrected chi connectivity index (χ4v) is 2.01. The Morgan fingerprint density at radius 3 is 2.83 bits per heavy atom. The number of ether oxygens (including phenoxy) is 1. The van der Waals surface area contributed by atoms with E-state index < -0.39 is 0 Å². The molecular formula is C14H11BrN2O. The van der Waals surface area contributed by atoms with Gasteiger partial charge in [0.05, 0.1) is 21.8 Å². The molecule has 1 aromatic heterocycles. The van der Waals surface area contributed by atoms with Crippen molar-refractivity contribution in [3.8, 4) is 11.8 Å². The van der Waals surface area contributed by atoms with Crippen LogP contribution in [0.2, 0.25) is 0 Å². The van der Waals surface area contributed by atoms with Crippen molar-refractivity contribution in [3.63, 3.8) is 0 Å². The largest absolute Gasteiger partial charge is 0.486 e. The van der Waals surface area contributed by atoms with Gasteiger partial charge < -0.3 is 4.74 Å². The first kappa shape index (κ1) is 12.6. The summed E-state index contributed by atoms with van der Waals surface area (Å²) >= 11 is 3.38. The lowest BCUT2D eigenvalue weighted by molar-refractivity contribution is 0.299. The number of halogens is 1. The number of nitrogens with zero attached hydrogens (tertiary/aromatic N) is 2. The molecule has 0 atom stereocenters. The van der Waals surface area contributed by atoms with Gasteiger partial charge in [0.15, 0.2) is 0 Å². The highest BCUT2D eigenvalue weighted by atomic mass is 79.9. The molecule has 0 bridgehead atoms. The number of benzene rings is 1. The molecule has 0 aliphatic rings. The summed E-state index contributed by atoms with van der Waals surface area (Å²) in [6, 6.07) is 11.2. The van der Waals surface area contributed by atoms with E-state index in [0.29, 0.717) is 17.9 Å². The molecule has 2 rings (SSSR count). The summed E-state index contributed by atoms with van der Waals surface area (Å²) in [6.45, 7) is 2.43. The second-order valence-corrected chi connectivity index (χ2v) is 4.72. The van der Waals surface area contributed by atoms with Crippen LogP contribution in [0.1, 0.15) is 16.8 Å². The minimum Gasteiger partial charge on any atom is -0.486 e. The highest BCUT2D eigenvalue weighted by Gasteiger charge is 2.03. The van der Waals surface area contributed by atoms with Crippen molar-refractivity contribution < 1.29 is 4.74 Å². The Morgan fingerprint density at radius 2 is 2.17 bits per heavy atom. The Morgan fingerprint density at radius 1 is 1.33 bits per heavy atom. The second kappa shape index (κ2) is 5.65. The molecule has 0 aliphatic carbocycles. The first-order chi connectivity index (χ1) is 8.69. The lowest BCUT2D eigenvalue weighted by Gasteiger charge is -2.08. The van der Waals surface area contributed by atoms with E-state index in [0.717, 1.165) is 15.7 Å². The molecular weight excluding hydrogens is 292 g/mol. The number of hydrogen-bond acceptors (Lipinski definition) is 3. The summed E-state index contributed by atoms with van der Waals surface area (Å²) in [5, 5.41) is 8.77. The van der Waals surface area contributed by atoms with Crippen LogP contribution in [0.25, 0.3) is 0 Å². The van der Waals surface area contributed by atoms with Crippen LogP contribution >= 0.6 is 15.9 Å². The van der Waals surface area contributed by atoms with Gasteiger partial charge in [-0.15, -0.1) is 0 Å². The Labute approximate surface area is 114 Å². The summed E-state index contributed by atoms with van der Waals surface area (Å²) in [4.78, 5) is 4.23. The smallest absolute Gasteiger partial charge is 0.134 e. The van der Waals surface area contributed by atoms with Gasteiger partial charge in [0.2, 0.25) is 0 Å². The van der Waals surface area contributed by atoms with Gasteiger partial charge in [0, 0.05) is 6.20 Å². The molecule has 0 spiro atoms. The molecule has 1 heterocycles. The molecule has 0 saturated carbocycles. The Bertz CT molecular complexity index is 605. The van der Waals surface area contributed by atoms with Gasteiger partial charge >= 0.3 is 0 Å². The predicted octanol–water partition coefficient (Wildman–Crippen LogP) is 3.60. The van der Waals surface area contributed by atoms with Crippen LogP contribution in [0.15, 0.2) is 41.0 Å². The third-order valence-corrected chi connectivity index (χ3v) is 3.03. The summed E-state index contributed by atoms with van der Waals surface area (Å²) in [5.74, 6) is 0.706. The average molecular weight is 303 g/mol. The maximum absolute atomic E-state index is 8.77. The van der Waals surface area contributed by atoms with Gasteiger partial charge in [-0.05, 0) is 58.7 Å². The van der Waals surface area contributed by atoms with Gasteiger partial charge in [0.1, 0.15) is 12.4 Å². The average Bonchev–Trinajstić information content (AvgIpc) is 2.37. The fourth-order valence-electron chi connectivity index (χ4n) is 1.52. The summed E-state index contributed by atoms with van der Waals surface area (Å²) in [6.07, 6.45) is 1.77. The number of aromatic nitrogens is 1. The van der Waals surface area contributed by atoms with E-state index in [4.69, 9.17) is 10.00 Å². The van der Waals surface area contributed by atoms with E-state index in [2.05, 4.69) is 27.0 Å². The molecule has 0 aliphatic heterocycles. The van der Waals surface area contributed by atoms with Gasteiger partial charge in [0.25, 0.3) is 0 Å². The Balaban J connectivity index is 2.09. The van der Waals surface area contributed by atoms with E-state index >= 15 is 0 Å². The predicted molar refractivity (Wildman–Crippen MR) is 72.2 cm³/mol. The molecule has 0 N–H and O–H groups in total. The first-order valence-corrected chi connectivity index (χ1v) is 6.22. The minimum absolute atomic E-state index is 0.409. The van der Waals surface area contributed by atoms with Crippen molar-refractivity contribution >= 4 is 15.9 Å². The van der Waals surface area contributed by atoms with Crippen LogP contribution in [0.5, 0.6) is 5.75 Å². The maximum Gasteiger partial charge on any atom is 0.134 e. The zero-order valence-corrected chi connectivity index (χ0v) is 11.4. The third kappa shape index (κ3) is 3.08. The molecule has 90 valence electrons. The van der Waals surface area contributed by atoms with Gasteiger partial charge in [-0.3, -0.25) is 4.98 Å². The van der Waals surface area contributed by atoms with E-state index in [9.17, 15) is 0 Å². The molecule has 0 saturated heterocycles. The molecule has 0 amide bonds. The summed E-state index contributed by atoms with van der Waals surface area (Å²) in [5.41, 5.74) is 2.64. The number of nitriles is 1. The molecule has 18 heavy (non-hydrogen) atoms. The molecule has 0 fully saturated rings. The van der Waals surface area contributed by atoms with Crippen molar-refractivity contribution in [3.05, 3.63) is 57.8 Å². The number of hydrogen-bond donors (Lipinski definition) is 0. The number of pyridine rings is 1. The Kier molecular flexibility index (Phi) is 3.96. The van der Waals surface area contributed by atoms with Gasteiger partial charge in [-0.1, -0.05) is 0 Å². The SMILES string of the molecule is Cc1ccnc(COc2ccc(C#N)cc2Br)c1. The molecule has 3 nitrogen and oxygen atoms in total. The van der Waals surface area contributed by atoms with Crippen LogP contribution in [-0.2, 0) is 6.61 Å². The van der Waals surface area contributed by atoms with Gasteiger partial charge in [-0.25, -0.2) is 0 Å². The van der Waals surface area contributed by atoms with E-state index in [1.165, 1.54) is 0 Å². The van der Waals surface area contributed by atoms with Gasteiger partial charge in [-0.2, -0.15) is 5.26 Å². The van der Waals surface area contributed by atoms with Crippen molar-refractivity contribution in [2.75, 3.05) is 0 Å². The highest BCUT2D eigenvalue weighted by molar-refractivity contribution is 9.10. The second-order valence-electron chi connectivity index (χ2n) is 3.87. The van der Waals surface area contributed by atoms with E-state index in [-0.39, 0.29) is 0 Å². The van der Waals surface area contributed by atoms with Crippen LogP contribution < -0.4 is 4.74 Å². The first-order valence-electron chi connectivity index (χ1n) is 5.43. The lowest BCUT2D eigenvalue weighted by Crippen LogP contribution is -1.99. The standard InChI is InChI=1S/C14H11BrN2O/c1-10-4-5-17-12(6-10)9-18-14-3-2-11(8-16)7-13(14)15/h2-7H,9H2,1H3. The zero-order valence-electron chi connectivity index (χ0n) is 9.85. The third-order valence-electron chi connectivity index (χ3n) is 2.41. The maximum atomic E-state index is 8.77. The van der Waals surface area contributed by atoms with Crippen LogP contribution in [0.3, 0.4) is 0 Å². The van der Waals surface area contributed by atoms with Crippen LogP contribution in [0, 0.1) is 18.3 Å².